The smallest absolute Gasteiger partial charge is 0.159 e. The summed E-state index contributed by atoms with van der Waals surface area (Å²) in [6.45, 7) is 4.00. The Balaban J connectivity index is 1.59. The molecule has 0 N–H and O–H groups in total. The molecular weight excluding hydrogens is 340 g/mol. The van der Waals surface area contributed by atoms with Gasteiger partial charge >= 0.3 is 0 Å². The van der Waals surface area contributed by atoms with Crippen molar-refractivity contribution in [2.75, 3.05) is 0 Å². The van der Waals surface area contributed by atoms with Crippen LogP contribution in [-0.2, 0) is 6.42 Å². The van der Waals surface area contributed by atoms with E-state index >= 15 is 0 Å². The van der Waals surface area contributed by atoms with Crippen molar-refractivity contribution in [1.82, 2.24) is 0 Å². The second kappa shape index (κ2) is 6.60. The second-order valence-electron chi connectivity index (χ2n) is 8.21. The van der Waals surface area contributed by atoms with E-state index in [1.165, 1.54) is 33.0 Å². The third-order valence-corrected chi connectivity index (χ3v) is 6.44. The molecule has 3 aromatic rings. The molecule has 3 aromatic carbocycles. The van der Waals surface area contributed by atoms with Crippen LogP contribution >= 0.6 is 0 Å². The summed E-state index contributed by atoms with van der Waals surface area (Å²) < 4.78 is 0. The highest BCUT2D eigenvalue weighted by Gasteiger charge is 2.28. The maximum absolute atomic E-state index is 11.7. The number of allylic oxidation sites excluding steroid dienone is 4. The van der Waals surface area contributed by atoms with Crippen LogP contribution in [0.25, 0.3) is 16.3 Å². The van der Waals surface area contributed by atoms with Gasteiger partial charge in [0.15, 0.2) is 5.78 Å². The van der Waals surface area contributed by atoms with Crippen molar-refractivity contribution in [1.29, 1.82) is 0 Å². The van der Waals surface area contributed by atoms with Crippen molar-refractivity contribution in [3.8, 4) is 0 Å². The molecule has 5 rings (SSSR count). The predicted molar refractivity (Wildman–Crippen MR) is 117 cm³/mol. The molecule has 0 bridgehead atoms. The topological polar surface area (TPSA) is 17.1 Å². The van der Waals surface area contributed by atoms with Gasteiger partial charge in [0.05, 0.1) is 0 Å². The van der Waals surface area contributed by atoms with Crippen LogP contribution in [0.15, 0.2) is 78.4 Å². The van der Waals surface area contributed by atoms with Gasteiger partial charge in [0, 0.05) is 11.5 Å². The molecule has 0 radical (unpaired) electrons. The zero-order valence-electron chi connectivity index (χ0n) is 16.4. The van der Waals surface area contributed by atoms with E-state index in [1.54, 1.807) is 12.5 Å². The standard InChI is InChI=1S/C27H24O/c1-17-14-27-23-11-8-20(18(2)28)15-22(23)10-13-25(27)24-12-9-21(16-26(17)24)19-6-4-3-5-7-19/h3-13,15,17,21H,14,16H2,1-2H3. The van der Waals surface area contributed by atoms with Gasteiger partial charge in [-0.15, -0.1) is 0 Å². The number of hydrogen-bond donors (Lipinski definition) is 0. The van der Waals surface area contributed by atoms with Gasteiger partial charge in [-0.05, 0) is 64.8 Å². The van der Waals surface area contributed by atoms with Crippen LogP contribution in [0.2, 0.25) is 0 Å². The van der Waals surface area contributed by atoms with Crippen molar-refractivity contribution in [3.05, 3.63) is 101 Å². The first-order valence-corrected chi connectivity index (χ1v) is 10.1. The quantitative estimate of drug-likeness (QED) is 0.461. The molecular formula is C27H24O. The Morgan fingerprint density at radius 1 is 0.964 bits per heavy atom. The number of fused-ring (bicyclic) bond motifs is 4. The van der Waals surface area contributed by atoms with Crippen LogP contribution in [0.5, 0.6) is 0 Å². The van der Waals surface area contributed by atoms with Gasteiger partial charge in [-0.1, -0.05) is 79.2 Å². The van der Waals surface area contributed by atoms with Crippen molar-refractivity contribution < 1.29 is 4.79 Å². The van der Waals surface area contributed by atoms with Gasteiger partial charge in [-0.3, -0.25) is 4.79 Å². The summed E-state index contributed by atoms with van der Waals surface area (Å²) >= 11 is 0. The highest BCUT2D eigenvalue weighted by atomic mass is 16.1. The lowest BCUT2D eigenvalue weighted by molar-refractivity contribution is 0.101. The number of hydrogen-bond acceptors (Lipinski definition) is 1. The zero-order valence-corrected chi connectivity index (χ0v) is 16.4. The van der Waals surface area contributed by atoms with Crippen molar-refractivity contribution in [2.45, 2.75) is 32.6 Å². The fraction of sp³-hybridized carbons (Fsp3) is 0.222. The Hall–Kier alpha value is -2.93. The molecule has 138 valence electrons. The lowest BCUT2D eigenvalue weighted by Crippen LogP contribution is -2.18. The summed E-state index contributed by atoms with van der Waals surface area (Å²) in [6, 6.07) is 21.4. The lowest BCUT2D eigenvalue weighted by atomic mass is 9.71. The van der Waals surface area contributed by atoms with E-state index in [4.69, 9.17) is 0 Å². The Labute approximate surface area is 166 Å². The third-order valence-electron chi connectivity index (χ3n) is 6.44. The minimum absolute atomic E-state index is 0.125. The van der Waals surface area contributed by atoms with Crippen molar-refractivity contribution in [3.63, 3.8) is 0 Å². The van der Waals surface area contributed by atoms with E-state index in [0.29, 0.717) is 11.8 Å². The number of rotatable bonds is 2. The number of benzene rings is 3. The molecule has 0 saturated carbocycles. The largest absolute Gasteiger partial charge is 0.295 e. The van der Waals surface area contributed by atoms with Gasteiger partial charge in [0.2, 0.25) is 0 Å². The average Bonchev–Trinajstić information content (AvgIpc) is 2.73. The molecule has 2 unspecified atom stereocenters. The second-order valence-corrected chi connectivity index (χ2v) is 8.21. The van der Waals surface area contributed by atoms with Crippen LogP contribution in [0.1, 0.15) is 53.2 Å². The number of carbonyl (C=O) groups is 1. The van der Waals surface area contributed by atoms with E-state index in [0.717, 1.165) is 18.4 Å². The first-order chi connectivity index (χ1) is 13.6. The number of Topliss-reactive ketones (excluding diaryl/α,β-unsaturated/α-hetero) is 1. The summed E-state index contributed by atoms with van der Waals surface area (Å²) in [5.74, 6) is 1.14. The molecule has 28 heavy (non-hydrogen) atoms. The fourth-order valence-electron chi connectivity index (χ4n) is 4.91. The summed E-state index contributed by atoms with van der Waals surface area (Å²) in [6.07, 6.45) is 6.90. The molecule has 0 heterocycles. The fourth-order valence-corrected chi connectivity index (χ4v) is 4.91. The first-order valence-electron chi connectivity index (χ1n) is 10.1. The van der Waals surface area contributed by atoms with Gasteiger partial charge in [0.25, 0.3) is 0 Å². The predicted octanol–water partition coefficient (Wildman–Crippen LogP) is 6.73. The molecule has 0 amide bonds. The van der Waals surface area contributed by atoms with Gasteiger partial charge in [-0.25, -0.2) is 0 Å². The maximum Gasteiger partial charge on any atom is 0.159 e. The highest BCUT2D eigenvalue weighted by Crippen LogP contribution is 2.45. The summed E-state index contributed by atoms with van der Waals surface area (Å²) in [4.78, 5) is 11.7. The molecule has 1 nitrogen and oxygen atoms in total. The molecule has 0 aliphatic heterocycles. The van der Waals surface area contributed by atoms with Crippen LogP contribution in [0.3, 0.4) is 0 Å². The molecule has 2 atom stereocenters. The van der Waals surface area contributed by atoms with Crippen LogP contribution in [-0.4, -0.2) is 5.78 Å². The zero-order chi connectivity index (χ0) is 19.3. The van der Waals surface area contributed by atoms with E-state index in [1.807, 2.05) is 12.1 Å². The van der Waals surface area contributed by atoms with E-state index in [-0.39, 0.29) is 5.78 Å². The van der Waals surface area contributed by atoms with Crippen molar-refractivity contribution in [2.24, 2.45) is 5.92 Å². The van der Waals surface area contributed by atoms with E-state index < -0.39 is 0 Å². The molecule has 0 aromatic heterocycles. The summed E-state index contributed by atoms with van der Waals surface area (Å²) in [5, 5.41) is 2.46. The summed E-state index contributed by atoms with van der Waals surface area (Å²) in [5.41, 5.74) is 8.00. The summed E-state index contributed by atoms with van der Waals surface area (Å²) in [7, 11) is 0. The third kappa shape index (κ3) is 2.74. The lowest BCUT2D eigenvalue weighted by Gasteiger charge is -2.33. The van der Waals surface area contributed by atoms with Crippen molar-refractivity contribution >= 4 is 22.1 Å². The van der Waals surface area contributed by atoms with Gasteiger partial charge in [-0.2, -0.15) is 0 Å². The Morgan fingerprint density at radius 2 is 1.79 bits per heavy atom. The van der Waals surface area contributed by atoms with E-state index in [9.17, 15) is 4.79 Å². The molecule has 0 fully saturated rings. The minimum atomic E-state index is 0.125. The molecule has 0 spiro atoms. The highest BCUT2D eigenvalue weighted by molar-refractivity contribution is 6.01. The monoisotopic (exact) mass is 364 g/mol. The molecule has 2 aliphatic rings. The number of carbonyl (C=O) groups excluding carboxylic acids is 1. The van der Waals surface area contributed by atoms with Gasteiger partial charge < -0.3 is 0 Å². The minimum Gasteiger partial charge on any atom is -0.295 e. The Kier molecular flexibility index (Phi) is 4.05. The van der Waals surface area contributed by atoms with Crippen LogP contribution in [0, 0.1) is 5.92 Å². The molecule has 0 saturated heterocycles. The van der Waals surface area contributed by atoms with E-state index in [2.05, 4.69) is 67.6 Å². The normalized spacial score (nSPS) is 20.8. The maximum atomic E-state index is 11.7. The van der Waals surface area contributed by atoms with Crippen LogP contribution < -0.4 is 0 Å². The first kappa shape index (κ1) is 17.2. The Morgan fingerprint density at radius 3 is 2.57 bits per heavy atom. The molecule has 1 heteroatoms. The Bertz CT molecular complexity index is 1150. The molecule has 2 aliphatic carbocycles. The number of ketones is 1. The van der Waals surface area contributed by atoms with Crippen LogP contribution in [0.4, 0.5) is 0 Å². The SMILES string of the molecule is CC(=O)c1ccc2c3c(ccc2c1)C1=C(CC(c2ccccc2)C=C1)C(C)C3. The average molecular weight is 364 g/mol. The van der Waals surface area contributed by atoms with Gasteiger partial charge in [0.1, 0.15) is 0 Å².